The van der Waals surface area contributed by atoms with Crippen LogP contribution in [0.4, 0.5) is 5.82 Å². The predicted octanol–water partition coefficient (Wildman–Crippen LogP) is 2.66. The van der Waals surface area contributed by atoms with Crippen LogP contribution in [0.5, 0.6) is 0 Å². The maximum atomic E-state index is 13.2. The average molecular weight is 538 g/mol. The largest absolute Gasteiger partial charge is 0.480 e. The van der Waals surface area contributed by atoms with Crippen LogP contribution in [0.25, 0.3) is 6.08 Å². The van der Waals surface area contributed by atoms with Gasteiger partial charge in [-0.3, -0.25) is 28.8 Å². The summed E-state index contributed by atoms with van der Waals surface area (Å²) < 4.78 is 1.75. The van der Waals surface area contributed by atoms with Crippen molar-refractivity contribution in [3.05, 3.63) is 67.8 Å². The fourth-order valence-corrected chi connectivity index (χ4v) is 5.88. The minimum atomic E-state index is -1.16. The van der Waals surface area contributed by atoms with E-state index in [0.29, 0.717) is 36.6 Å². The zero-order valence-electron chi connectivity index (χ0n) is 20.6. The number of thioether (sulfide) groups is 1. The van der Waals surface area contributed by atoms with E-state index in [9.17, 15) is 19.6 Å². The van der Waals surface area contributed by atoms with Gasteiger partial charge in [-0.2, -0.15) is 5.26 Å². The zero-order chi connectivity index (χ0) is 26.7. The minimum absolute atomic E-state index is 0.0283. The molecule has 0 atom stereocenters. The summed E-state index contributed by atoms with van der Waals surface area (Å²) in [4.78, 5) is 43.2. The molecule has 1 N–H and O–H groups in total. The number of hydrogen-bond donors (Lipinski definition) is 1. The Morgan fingerprint density at radius 3 is 2.46 bits per heavy atom. The lowest BCUT2D eigenvalue weighted by molar-refractivity contribution is -0.140. The molecule has 4 rings (SSSR count). The summed E-state index contributed by atoms with van der Waals surface area (Å²) in [5.74, 6) is -0.996. The third-order valence-electron chi connectivity index (χ3n) is 6.53. The van der Waals surface area contributed by atoms with Crippen LogP contribution in [-0.2, 0) is 22.7 Å². The number of carboxylic acid groups (broad SMARTS) is 1. The number of rotatable bonds is 7. The molecule has 0 unspecified atom stereocenters. The molecule has 1 aromatic heterocycles. The number of aromatic nitrogens is 1. The van der Waals surface area contributed by atoms with Crippen molar-refractivity contribution >= 4 is 52.1 Å². The van der Waals surface area contributed by atoms with Crippen LogP contribution in [0.3, 0.4) is 0 Å². The number of thiocarbonyl (C=S) groups is 1. The van der Waals surface area contributed by atoms with Crippen LogP contribution >= 0.6 is 24.0 Å². The summed E-state index contributed by atoms with van der Waals surface area (Å²) >= 11 is 6.27. The van der Waals surface area contributed by atoms with Crippen LogP contribution in [0, 0.1) is 18.3 Å². The highest BCUT2D eigenvalue weighted by molar-refractivity contribution is 8.26. The molecule has 2 aromatic rings. The highest BCUT2D eigenvalue weighted by Crippen LogP contribution is 2.36. The van der Waals surface area contributed by atoms with E-state index in [4.69, 9.17) is 17.3 Å². The number of carboxylic acids is 1. The van der Waals surface area contributed by atoms with Gasteiger partial charge >= 0.3 is 5.97 Å². The third kappa shape index (κ3) is 5.46. The summed E-state index contributed by atoms with van der Waals surface area (Å²) in [5, 5.41) is 18.9. The number of nitriles is 1. The van der Waals surface area contributed by atoms with Crippen molar-refractivity contribution in [1.82, 2.24) is 14.4 Å². The number of benzene rings is 1. The lowest BCUT2D eigenvalue weighted by Crippen LogP contribution is -2.48. The molecule has 11 heteroatoms. The Bertz CT molecular complexity index is 1370. The summed E-state index contributed by atoms with van der Waals surface area (Å²) in [7, 11) is 0. The summed E-state index contributed by atoms with van der Waals surface area (Å²) in [6.07, 6.45) is 1.65. The molecule has 2 saturated heterocycles. The number of hydrogen-bond acceptors (Lipinski definition) is 8. The van der Waals surface area contributed by atoms with Gasteiger partial charge in [0.2, 0.25) is 0 Å². The van der Waals surface area contributed by atoms with Gasteiger partial charge in [0.15, 0.2) is 0 Å². The Labute approximate surface area is 224 Å². The van der Waals surface area contributed by atoms with Gasteiger partial charge in [0.1, 0.15) is 28.3 Å². The third-order valence-corrected chi connectivity index (χ3v) is 7.90. The first kappa shape index (κ1) is 26.6. The van der Waals surface area contributed by atoms with E-state index in [1.807, 2.05) is 31.2 Å². The SMILES string of the molecule is CCn1c(N2CCN(Cc3ccccc3)CC2)c(C=C2SC(=S)N(CC(=O)O)C2=O)c(C)c(C#N)c1=O. The van der Waals surface area contributed by atoms with Crippen molar-refractivity contribution in [2.45, 2.75) is 26.9 Å². The highest BCUT2D eigenvalue weighted by Gasteiger charge is 2.34. The van der Waals surface area contributed by atoms with E-state index in [1.54, 1.807) is 17.6 Å². The van der Waals surface area contributed by atoms with Crippen LogP contribution in [-0.4, -0.2) is 68.4 Å². The molecule has 0 saturated carbocycles. The lowest BCUT2D eigenvalue weighted by atomic mass is 10.0. The molecule has 192 valence electrons. The number of carbonyl (C=O) groups is 2. The Morgan fingerprint density at radius 1 is 1.19 bits per heavy atom. The number of carbonyl (C=O) groups excluding carboxylic acids is 1. The average Bonchev–Trinajstić information content (AvgIpc) is 3.14. The summed E-state index contributed by atoms with van der Waals surface area (Å²) in [6.45, 7) is 7.13. The van der Waals surface area contributed by atoms with Crippen molar-refractivity contribution in [3.8, 4) is 6.07 Å². The molecular weight excluding hydrogens is 510 g/mol. The molecule has 0 spiro atoms. The standard InChI is InChI=1S/C26H27N5O4S2/c1-3-30-23(29-11-9-28(10-12-29)15-18-7-5-4-6-8-18)19(17(2)20(14-27)24(30)34)13-21-25(35)31(16-22(32)33)26(36)37-21/h4-8,13H,3,9-12,15-16H2,1-2H3,(H,32,33). The topological polar surface area (TPSA) is 110 Å². The number of pyridine rings is 1. The van der Waals surface area contributed by atoms with Gasteiger partial charge in [-0.05, 0) is 31.1 Å². The van der Waals surface area contributed by atoms with Gasteiger partial charge in [-0.25, -0.2) is 0 Å². The molecule has 1 amide bonds. The number of piperazine rings is 1. The molecule has 2 aliphatic heterocycles. The van der Waals surface area contributed by atoms with Crippen LogP contribution in [0.1, 0.15) is 29.2 Å². The highest BCUT2D eigenvalue weighted by atomic mass is 32.2. The second kappa shape index (κ2) is 11.3. The molecule has 37 heavy (non-hydrogen) atoms. The van der Waals surface area contributed by atoms with Gasteiger partial charge < -0.3 is 10.0 Å². The second-order valence-electron chi connectivity index (χ2n) is 8.81. The molecule has 2 aliphatic rings. The van der Waals surface area contributed by atoms with Gasteiger partial charge in [-0.1, -0.05) is 54.3 Å². The minimum Gasteiger partial charge on any atom is -0.480 e. The maximum Gasteiger partial charge on any atom is 0.323 e. The summed E-state index contributed by atoms with van der Waals surface area (Å²) in [5.41, 5.74) is 1.99. The van der Waals surface area contributed by atoms with E-state index in [-0.39, 0.29) is 20.3 Å². The normalized spacial score (nSPS) is 17.5. The first-order chi connectivity index (χ1) is 17.7. The van der Waals surface area contributed by atoms with Gasteiger partial charge in [0.05, 0.1) is 4.91 Å². The van der Waals surface area contributed by atoms with Crippen LogP contribution in [0.2, 0.25) is 0 Å². The van der Waals surface area contributed by atoms with E-state index in [2.05, 4.69) is 21.9 Å². The van der Waals surface area contributed by atoms with Gasteiger partial charge in [0, 0.05) is 44.8 Å². The molecule has 2 fully saturated rings. The van der Waals surface area contributed by atoms with Crippen LogP contribution < -0.4 is 10.5 Å². The Hall–Kier alpha value is -3.46. The van der Waals surface area contributed by atoms with E-state index in [1.165, 1.54) is 5.56 Å². The smallest absolute Gasteiger partial charge is 0.323 e. The second-order valence-corrected chi connectivity index (χ2v) is 10.5. The molecule has 0 radical (unpaired) electrons. The Morgan fingerprint density at radius 2 is 1.86 bits per heavy atom. The molecule has 1 aromatic carbocycles. The number of aliphatic carboxylic acids is 1. The number of anilines is 1. The van der Waals surface area contributed by atoms with E-state index >= 15 is 0 Å². The lowest BCUT2D eigenvalue weighted by Gasteiger charge is -2.38. The quantitative estimate of drug-likeness (QED) is 0.421. The fraction of sp³-hybridized carbons (Fsp3) is 0.346. The monoisotopic (exact) mass is 537 g/mol. The van der Waals surface area contributed by atoms with E-state index < -0.39 is 18.4 Å². The number of nitrogens with zero attached hydrogens (tertiary/aromatic N) is 5. The maximum absolute atomic E-state index is 13.2. The Balaban J connectivity index is 1.71. The number of amides is 1. The first-order valence-electron chi connectivity index (χ1n) is 11.9. The Kier molecular flexibility index (Phi) is 8.12. The first-order valence-corrected chi connectivity index (χ1v) is 13.1. The van der Waals surface area contributed by atoms with Crippen molar-refractivity contribution in [2.24, 2.45) is 0 Å². The fourth-order valence-electron chi connectivity index (χ4n) is 4.64. The van der Waals surface area contributed by atoms with Crippen LogP contribution in [0.15, 0.2) is 40.0 Å². The zero-order valence-corrected chi connectivity index (χ0v) is 22.3. The predicted molar refractivity (Wildman–Crippen MR) is 147 cm³/mol. The van der Waals surface area contributed by atoms with Crippen molar-refractivity contribution in [1.29, 1.82) is 5.26 Å². The van der Waals surface area contributed by atoms with Crippen molar-refractivity contribution in [2.75, 3.05) is 37.6 Å². The molecule has 0 bridgehead atoms. The van der Waals surface area contributed by atoms with Crippen molar-refractivity contribution < 1.29 is 14.7 Å². The molecule has 3 heterocycles. The summed E-state index contributed by atoms with van der Waals surface area (Å²) in [6, 6.07) is 12.3. The molecule has 9 nitrogen and oxygen atoms in total. The van der Waals surface area contributed by atoms with Crippen molar-refractivity contribution in [3.63, 3.8) is 0 Å². The molecular formula is C26H27N5O4S2. The van der Waals surface area contributed by atoms with Gasteiger partial charge in [0.25, 0.3) is 11.5 Å². The van der Waals surface area contributed by atoms with Gasteiger partial charge in [-0.15, -0.1) is 0 Å². The van der Waals surface area contributed by atoms with E-state index in [0.717, 1.165) is 36.3 Å². The molecule has 0 aliphatic carbocycles.